The number of benzene rings is 1. The number of likely N-dealkylation sites (tertiary alicyclic amines) is 1. The first-order valence-electron chi connectivity index (χ1n) is 6.78. The molecule has 0 aromatic heterocycles. The van der Waals surface area contributed by atoms with E-state index in [0.717, 1.165) is 43.8 Å². The minimum Gasteiger partial charge on any atom is -0.375 e. The molecule has 1 aliphatic heterocycles. The summed E-state index contributed by atoms with van der Waals surface area (Å²) in [4.78, 5) is 13.9. The van der Waals surface area contributed by atoms with Gasteiger partial charge < -0.3 is 10.2 Å². The zero-order chi connectivity index (χ0) is 15.5. The number of amides is 1. The van der Waals surface area contributed by atoms with Crippen molar-refractivity contribution in [2.45, 2.75) is 25.9 Å². The van der Waals surface area contributed by atoms with Crippen LogP contribution in [0.1, 0.15) is 25.3 Å². The Balaban J connectivity index is 2.04. The van der Waals surface area contributed by atoms with Crippen LogP contribution in [0, 0.1) is 0 Å². The van der Waals surface area contributed by atoms with Gasteiger partial charge in [0.05, 0.1) is 5.56 Å². The minimum atomic E-state index is -4.41. The van der Waals surface area contributed by atoms with E-state index in [-0.39, 0.29) is 5.69 Å². The van der Waals surface area contributed by atoms with Crippen LogP contribution in [0.4, 0.5) is 18.9 Å². The molecule has 1 fully saturated rings. The number of rotatable bonds is 3. The number of carbonyl (C=O) groups is 1. The van der Waals surface area contributed by atoms with Crippen molar-refractivity contribution < 1.29 is 18.0 Å². The van der Waals surface area contributed by atoms with Gasteiger partial charge in [-0.2, -0.15) is 13.2 Å². The van der Waals surface area contributed by atoms with E-state index >= 15 is 0 Å². The first kappa shape index (κ1) is 15.4. The molecule has 1 heterocycles. The number of nitrogens with one attached hydrogen (secondary N) is 1. The summed E-state index contributed by atoms with van der Waals surface area (Å²) in [5.41, 5.74) is 0.192. The summed E-state index contributed by atoms with van der Waals surface area (Å²) in [7, 11) is 0. The zero-order valence-electron chi connectivity index (χ0n) is 11.7. The third-order valence-electron chi connectivity index (χ3n) is 3.40. The second kappa shape index (κ2) is 6.20. The van der Waals surface area contributed by atoms with Crippen molar-refractivity contribution in [2.24, 2.45) is 0 Å². The van der Waals surface area contributed by atoms with Gasteiger partial charge in [-0.05, 0) is 38.0 Å². The van der Waals surface area contributed by atoms with Gasteiger partial charge in [0.2, 0.25) is 5.91 Å². The van der Waals surface area contributed by atoms with Gasteiger partial charge in [0.25, 0.3) is 0 Å². The van der Waals surface area contributed by atoms with Crippen molar-refractivity contribution in [1.82, 2.24) is 4.90 Å². The largest absolute Gasteiger partial charge is 0.416 e. The highest BCUT2D eigenvalue weighted by Gasteiger charge is 2.30. The maximum absolute atomic E-state index is 12.6. The molecule has 1 aromatic carbocycles. The summed E-state index contributed by atoms with van der Waals surface area (Å²) in [5, 5.41) is 2.47. The Morgan fingerprint density at radius 1 is 1.29 bits per heavy atom. The molecule has 1 saturated heterocycles. The van der Waals surface area contributed by atoms with Crippen molar-refractivity contribution in [3.8, 4) is 0 Å². The quantitative estimate of drug-likeness (QED) is 0.864. The van der Waals surface area contributed by atoms with Gasteiger partial charge in [-0.25, -0.2) is 0 Å². The SMILES string of the molecule is CC(=CC(=O)Nc1cccc(C(F)(F)F)c1)N1CCCC1. The standard InChI is InChI=1S/C15H17F3N2O/c1-11(20-7-2-3-8-20)9-14(21)19-13-6-4-5-12(10-13)15(16,17)18/h4-6,9-10H,2-3,7-8H2,1H3,(H,19,21). The summed E-state index contributed by atoms with van der Waals surface area (Å²) in [6.45, 7) is 3.66. The Morgan fingerprint density at radius 3 is 2.57 bits per heavy atom. The lowest BCUT2D eigenvalue weighted by molar-refractivity contribution is -0.137. The third-order valence-corrected chi connectivity index (χ3v) is 3.40. The topological polar surface area (TPSA) is 32.3 Å². The molecule has 0 radical (unpaired) electrons. The first-order valence-corrected chi connectivity index (χ1v) is 6.78. The number of anilines is 1. The fourth-order valence-electron chi connectivity index (χ4n) is 2.30. The molecule has 0 spiro atoms. The first-order chi connectivity index (χ1) is 9.86. The fourth-order valence-corrected chi connectivity index (χ4v) is 2.30. The highest BCUT2D eigenvalue weighted by atomic mass is 19.4. The second-order valence-electron chi connectivity index (χ2n) is 5.05. The lowest BCUT2D eigenvalue weighted by atomic mass is 10.2. The van der Waals surface area contributed by atoms with Crippen LogP contribution in [0.2, 0.25) is 0 Å². The molecule has 114 valence electrons. The van der Waals surface area contributed by atoms with Gasteiger partial charge in [0.15, 0.2) is 0 Å². The van der Waals surface area contributed by atoms with Crippen LogP contribution in [0.5, 0.6) is 0 Å². The monoisotopic (exact) mass is 298 g/mol. The number of nitrogens with zero attached hydrogens (tertiary/aromatic N) is 1. The van der Waals surface area contributed by atoms with Gasteiger partial charge in [0, 0.05) is 30.5 Å². The molecule has 1 aliphatic rings. The summed E-state index contributed by atoms with van der Waals surface area (Å²) in [5.74, 6) is -0.418. The molecule has 1 amide bonds. The molecule has 3 nitrogen and oxygen atoms in total. The van der Waals surface area contributed by atoms with E-state index in [9.17, 15) is 18.0 Å². The average molecular weight is 298 g/mol. The van der Waals surface area contributed by atoms with Crippen LogP contribution in [0.3, 0.4) is 0 Å². The van der Waals surface area contributed by atoms with Gasteiger partial charge in [-0.15, -0.1) is 0 Å². The molecule has 0 saturated carbocycles. The van der Waals surface area contributed by atoms with E-state index in [1.165, 1.54) is 18.2 Å². The van der Waals surface area contributed by atoms with Crippen molar-refractivity contribution in [3.05, 3.63) is 41.6 Å². The van der Waals surface area contributed by atoms with Gasteiger partial charge >= 0.3 is 6.18 Å². The number of hydrogen-bond donors (Lipinski definition) is 1. The molecule has 1 aromatic rings. The Bertz CT molecular complexity index is 546. The van der Waals surface area contributed by atoms with Crippen LogP contribution in [-0.4, -0.2) is 23.9 Å². The number of alkyl halides is 3. The van der Waals surface area contributed by atoms with Gasteiger partial charge in [0.1, 0.15) is 0 Å². The number of hydrogen-bond acceptors (Lipinski definition) is 2. The van der Waals surface area contributed by atoms with Crippen LogP contribution in [0.25, 0.3) is 0 Å². The number of halogens is 3. The molecule has 0 aliphatic carbocycles. The molecule has 0 unspecified atom stereocenters. The smallest absolute Gasteiger partial charge is 0.375 e. The molecule has 0 atom stereocenters. The molecule has 6 heteroatoms. The Kier molecular flexibility index (Phi) is 4.55. The van der Waals surface area contributed by atoms with Crippen LogP contribution < -0.4 is 5.32 Å². The van der Waals surface area contributed by atoms with Gasteiger partial charge in [-0.3, -0.25) is 4.79 Å². The van der Waals surface area contributed by atoms with Crippen LogP contribution >= 0.6 is 0 Å². The van der Waals surface area contributed by atoms with Crippen molar-refractivity contribution in [1.29, 1.82) is 0 Å². The normalized spacial score (nSPS) is 16.2. The average Bonchev–Trinajstić information content (AvgIpc) is 2.91. The van der Waals surface area contributed by atoms with E-state index < -0.39 is 17.6 Å². The Morgan fingerprint density at radius 2 is 1.95 bits per heavy atom. The maximum atomic E-state index is 12.6. The summed E-state index contributed by atoms with van der Waals surface area (Å²) in [6, 6.07) is 4.61. The second-order valence-corrected chi connectivity index (χ2v) is 5.05. The molecular weight excluding hydrogens is 281 g/mol. The maximum Gasteiger partial charge on any atom is 0.416 e. The van der Waals surface area contributed by atoms with E-state index in [1.807, 2.05) is 6.92 Å². The van der Waals surface area contributed by atoms with Crippen molar-refractivity contribution in [3.63, 3.8) is 0 Å². The highest BCUT2D eigenvalue weighted by Crippen LogP contribution is 2.30. The van der Waals surface area contributed by atoms with Crippen LogP contribution in [0.15, 0.2) is 36.0 Å². The van der Waals surface area contributed by atoms with E-state index in [0.29, 0.717) is 0 Å². The molecular formula is C15H17F3N2O. The summed E-state index contributed by atoms with van der Waals surface area (Å²) < 4.78 is 37.8. The Labute approximate surface area is 121 Å². The van der Waals surface area contributed by atoms with Crippen molar-refractivity contribution >= 4 is 11.6 Å². The van der Waals surface area contributed by atoms with Gasteiger partial charge in [-0.1, -0.05) is 6.07 Å². The zero-order valence-corrected chi connectivity index (χ0v) is 11.7. The highest BCUT2D eigenvalue weighted by molar-refractivity contribution is 5.99. The third kappa shape index (κ3) is 4.24. The Hall–Kier alpha value is -1.98. The summed E-state index contributed by atoms with van der Waals surface area (Å²) in [6.07, 6.45) is -0.797. The predicted octanol–water partition coefficient (Wildman–Crippen LogP) is 3.64. The predicted molar refractivity (Wildman–Crippen MR) is 74.6 cm³/mol. The molecule has 0 bridgehead atoms. The number of allylic oxidation sites excluding steroid dienone is 1. The summed E-state index contributed by atoms with van der Waals surface area (Å²) >= 11 is 0. The lowest BCUT2D eigenvalue weighted by Crippen LogP contribution is -2.19. The molecule has 1 N–H and O–H groups in total. The van der Waals surface area contributed by atoms with E-state index in [4.69, 9.17) is 0 Å². The van der Waals surface area contributed by atoms with E-state index in [1.54, 1.807) is 0 Å². The molecule has 2 rings (SSSR count). The molecule has 21 heavy (non-hydrogen) atoms. The van der Waals surface area contributed by atoms with E-state index in [2.05, 4.69) is 10.2 Å². The van der Waals surface area contributed by atoms with Crippen molar-refractivity contribution in [2.75, 3.05) is 18.4 Å². The van der Waals surface area contributed by atoms with Crippen LogP contribution in [-0.2, 0) is 11.0 Å². The number of carbonyl (C=O) groups excluding carboxylic acids is 1. The lowest BCUT2D eigenvalue weighted by Gasteiger charge is -2.17. The fraction of sp³-hybridized carbons (Fsp3) is 0.400. The minimum absolute atomic E-state index is 0.139.